The van der Waals surface area contributed by atoms with Crippen LogP contribution < -0.4 is 0 Å². The van der Waals surface area contributed by atoms with Crippen LogP contribution in [-0.2, 0) is 6.42 Å². The lowest BCUT2D eigenvalue weighted by Gasteiger charge is -2.19. The van der Waals surface area contributed by atoms with Gasteiger partial charge in [-0.3, -0.25) is 0 Å². The molecule has 1 nitrogen and oxygen atoms in total. The van der Waals surface area contributed by atoms with Gasteiger partial charge in [0.05, 0.1) is 6.10 Å². The predicted molar refractivity (Wildman–Crippen MR) is 74.1 cm³/mol. The molecule has 0 saturated carbocycles. The molecule has 0 aromatic heterocycles. The molecule has 0 fully saturated rings. The average Bonchev–Trinajstić information content (AvgIpc) is 2.30. The van der Waals surface area contributed by atoms with E-state index in [0.717, 1.165) is 12.8 Å². The highest BCUT2D eigenvalue weighted by molar-refractivity contribution is 5.15. The highest BCUT2D eigenvalue weighted by Gasteiger charge is 2.13. The molecule has 1 atom stereocenters. The van der Waals surface area contributed by atoms with E-state index >= 15 is 0 Å². The molecular formula is C16H26O. The van der Waals surface area contributed by atoms with Gasteiger partial charge in [0.15, 0.2) is 0 Å². The van der Waals surface area contributed by atoms with E-state index in [0.29, 0.717) is 5.92 Å². The Labute approximate surface area is 106 Å². The summed E-state index contributed by atoms with van der Waals surface area (Å²) in [5.74, 6) is 0.698. The van der Waals surface area contributed by atoms with Crippen LogP contribution in [0.25, 0.3) is 0 Å². The number of hydrogen-bond donors (Lipinski definition) is 1. The Bertz CT molecular complexity index is 275. The van der Waals surface area contributed by atoms with E-state index in [9.17, 15) is 5.11 Å². The van der Waals surface area contributed by atoms with Gasteiger partial charge < -0.3 is 5.11 Å². The largest absolute Gasteiger partial charge is 0.393 e. The van der Waals surface area contributed by atoms with Gasteiger partial charge >= 0.3 is 0 Å². The minimum absolute atomic E-state index is 0.180. The zero-order valence-electron chi connectivity index (χ0n) is 11.2. The molecule has 1 heteroatoms. The molecule has 0 amide bonds. The van der Waals surface area contributed by atoms with Crippen LogP contribution in [0.1, 0.15) is 51.5 Å². The Kier molecular flexibility index (Phi) is 6.95. The molecule has 96 valence electrons. The van der Waals surface area contributed by atoms with Crippen molar-refractivity contribution in [1.29, 1.82) is 0 Å². The topological polar surface area (TPSA) is 20.2 Å². The third kappa shape index (κ3) is 5.88. The van der Waals surface area contributed by atoms with Crippen molar-refractivity contribution in [3.63, 3.8) is 0 Å². The smallest absolute Gasteiger partial charge is 0.0583 e. The Morgan fingerprint density at radius 1 is 1.00 bits per heavy atom. The van der Waals surface area contributed by atoms with Crippen LogP contribution in [0.3, 0.4) is 0 Å². The lowest BCUT2D eigenvalue weighted by molar-refractivity contribution is 0.136. The van der Waals surface area contributed by atoms with Gasteiger partial charge in [-0.05, 0) is 24.3 Å². The normalized spacial score (nSPS) is 12.9. The van der Waals surface area contributed by atoms with Gasteiger partial charge in [0.25, 0.3) is 0 Å². The highest BCUT2D eigenvalue weighted by Crippen LogP contribution is 2.21. The summed E-state index contributed by atoms with van der Waals surface area (Å²) in [5, 5.41) is 10.1. The van der Waals surface area contributed by atoms with Gasteiger partial charge in [-0.25, -0.2) is 0 Å². The summed E-state index contributed by atoms with van der Waals surface area (Å²) in [6.45, 7) is 4.46. The maximum Gasteiger partial charge on any atom is 0.0583 e. The van der Waals surface area contributed by atoms with Gasteiger partial charge in [0.1, 0.15) is 0 Å². The fourth-order valence-electron chi connectivity index (χ4n) is 2.55. The first kappa shape index (κ1) is 14.2. The minimum Gasteiger partial charge on any atom is -0.393 e. The third-order valence-corrected chi connectivity index (χ3v) is 3.31. The Hall–Kier alpha value is -0.820. The SMILES string of the molecule is CCCC(CCC)C[C@@H](O)Cc1ccccc1. The fourth-order valence-corrected chi connectivity index (χ4v) is 2.55. The molecule has 0 aliphatic carbocycles. The van der Waals surface area contributed by atoms with E-state index < -0.39 is 0 Å². The predicted octanol–water partition coefficient (Wildman–Crippen LogP) is 4.20. The summed E-state index contributed by atoms with van der Waals surface area (Å²) in [6.07, 6.45) is 6.52. The molecule has 0 aliphatic rings. The Morgan fingerprint density at radius 2 is 1.59 bits per heavy atom. The molecule has 0 bridgehead atoms. The second kappa shape index (κ2) is 8.30. The molecule has 0 spiro atoms. The number of hydrogen-bond acceptors (Lipinski definition) is 1. The van der Waals surface area contributed by atoms with Crippen molar-refractivity contribution < 1.29 is 5.11 Å². The van der Waals surface area contributed by atoms with Crippen LogP contribution in [0.2, 0.25) is 0 Å². The van der Waals surface area contributed by atoms with Crippen molar-refractivity contribution in [3.05, 3.63) is 35.9 Å². The quantitative estimate of drug-likeness (QED) is 0.715. The van der Waals surface area contributed by atoms with Crippen molar-refractivity contribution in [3.8, 4) is 0 Å². The van der Waals surface area contributed by atoms with E-state index in [4.69, 9.17) is 0 Å². The summed E-state index contributed by atoms with van der Waals surface area (Å²) < 4.78 is 0. The van der Waals surface area contributed by atoms with Crippen molar-refractivity contribution in [1.82, 2.24) is 0 Å². The number of rotatable bonds is 8. The minimum atomic E-state index is -0.180. The van der Waals surface area contributed by atoms with Crippen LogP contribution in [0, 0.1) is 5.92 Å². The molecule has 0 saturated heterocycles. The maximum absolute atomic E-state index is 10.1. The zero-order chi connectivity index (χ0) is 12.5. The number of benzene rings is 1. The summed E-state index contributed by atoms with van der Waals surface area (Å²) >= 11 is 0. The van der Waals surface area contributed by atoms with Crippen LogP contribution in [0.5, 0.6) is 0 Å². The average molecular weight is 234 g/mol. The van der Waals surface area contributed by atoms with Crippen molar-refractivity contribution >= 4 is 0 Å². The van der Waals surface area contributed by atoms with E-state index in [1.54, 1.807) is 0 Å². The molecule has 0 heterocycles. The first-order valence-electron chi connectivity index (χ1n) is 6.98. The van der Waals surface area contributed by atoms with E-state index in [-0.39, 0.29) is 6.10 Å². The van der Waals surface area contributed by atoms with Gasteiger partial charge in [0.2, 0.25) is 0 Å². The van der Waals surface area contributed by atoms with E-state index in [2.05, 4.69) is 26.0 Å². The first-order chi connectivity index (χ1) is 8.26. The van der Waals surface area contributed by atoms with Crippen LogP contribution in [-0.4, -0.2) is 11.2 Å². The van der Waals surface area contributed by atoms with Crippen molar-refractivity contribution in [2.75, 3.05) is 0 Å². The lowest BCUT2D eigenvalue weighted by Crippen LogP contribution is -2.16. The van der Waals surface area contributed by atoms with Gasteiger partial charge in [-0.15, -0.1) is 0 Å². The first-order valence-corrected chi connectivity index (χ1v) is 6.98. The molecule has 0 aliphatic heterocycles. The van der Waals surface area contributed by atoms with Crippen molar-refractivity contribution in [2.24, 2.45) is 5.92 Å². The summed E-state index contributed by atoms with van der Waals surface area (Å²) in [6, 6.07) is 10.3. The fraction of sp³-hybridized carbons (Fsp3) is 0.625. The van der Waals surface area contributed by atoms with Crippen LogP contribution >= 0.6 is 0 Å². The summed E-state index contributed by atoms with van der Waals surface area (Å²) in [4.78, 5) is 0. The standard InChI is InChI=1S/C16H26O/c1-3-8-14(9-4-2)12-16(17)13-15-10-6-5-7-11-15/h5-7,10-11,14,16-17H,3-4,8-9,12-13H2,1-2H3/t16-/m1/s1. The Balaban J connectivity index is 2.38. The van der Waals surface area contributed by atoms with E-state index in [1.807, 2.05) is 18.2 Å². The second-order valence-electron chi connectivity index (χ2n) is 5.02. The van der Waals surface area contributed by atoms with Crippen LogP contribution in [0.4, 0.5) is 0 Å². The van der Waals surface area contributed by atoms with Crippen molar-refractivity contribution in [2.45, 2.75) is 58.5 Å². The third-order valence-electron chi connectivity index (χ3n) is 3.31. The molecule has 1 aromatic rings. The van der Waals surface area contributed by atoms with Gasteiger partial charge in [0, 0.05) is 0 Å². The molecule has 17 heavy (non-hydrogen) atoms. The molecule has 0 unspecified atom stereocenters. The lowest BCUT2D eigenvalue weighted by atomic mass is 9.90. The number of aliphatic hydroxyl groups is 1. The van der Waals surface area contributed by atoms with Gasteiger partial charge in [-0.2, -0.15) is 0 Å². The van der Waals surface area contributed by atoms with Gasteiger partial charge in [-0.1, -0.05) is 69.9 Å². The molecule has 1 rings (SSSR count). The van der Waals surface area contributed by atoms with E-state index in [1.165, 1.54) is 31.2 Å². The Morgan fingerprint density at radius 3 is 2.12 bits per heavy atom. The van der Waals surface area contributed by atoms with Crippen LogP contribution in [0.15, 0.2) is 30.3 Å². The molecule has 0 radical (unpaired) electrons. The summed E-state index contributed by atoms with van der Waals surface area (Å²) in [7, 11) is 0. The monoisotopic (exact) mass is 234 g/mol. The highest BCUT2D eigenvalue weighted by atomic mass is 16.3. The maximum atomic E-state index is 10.1. The summed E-state index contributed by atoms with van der Waals surface area (Å²) in [5.41, 5.74) is 1.24. The number of aliphatic hydroxyl groups excluding tert-OH is 1. The second-order valence-corrected chi connectivity index (χ2v) is 5.02. The molecule has 1 aromatic carbocycles. The molecular weight excluding hydrogens is 208 g/mol. The zero-order valence-corrected chi connectivity index (χ0v) is 11.2. The molecule has 1 N–H and O–H groups in total.